The molecule has 100 valence electrons. The van der Waals surface area contributed by atoms with E-state index in [1.54, 1.807) is 0 Å². The molecule has 1 atom stereocenters. The lowest BCUT2D eigenvalue weighted by molar-refractivity contribution is 0.0425. The van der Waals surface area contributed by atoms with Crippen LogP contribution in [0.5, 0.6) is 0 Å². The molecule has 0 aliphatic carbocycles. The van der Waals surface area contributed by atoms with Crippen LogP contribution in [0.2, 0.25) is 0 Å². The molecule has 0 amide bonds. The van der Waals surface area contributed by atoms with Crippen molar-refractivity contribution in [1.82, 2.24) is 14.7 Å². The summed E-state index contributed by atoms with van der Waals surface area (Å²) in [5, 5.41) is 0. The largest absolute Gasteiger partial charge is 0.371 e. The molecular weight excluding hydrogens is 210 g/mol. The summed E-state index contributed by atoms with van der Waals surface area (Å²) >= 11 is 0. The minimum absolute atomic E-state index is 0.232. The molecule has 17 heavy (non-hydrogen) atoms. The number of likely N-dealkylation sites (N-methyl/N-ethyl adjacent to an activating group) is 1. The summed E-state index contributed by atoms with van der Waals surface area (Å²) in [5.74, 6) is 0. The van der Waals surface area contributed by atoms with Crippen LogP contribution in [-0.2, 0) is 0 Å². The van der Waals surface area contributed by atoms with E-state index in [1.807, 2.05) is 0 Å². The van der Waals surface area contributed by atoms with E-state index in [0.717, 1.165) is 26.2 Å². The van der Waals surface area contributed by atoms with Crippen LogP contribution >= 0.6 is 0 Å². The highest BCUT2D eigenvalue weighted by Crippen LogP contribution is 2.24. The monoisotopic (exact) mass is 239 g/mol. The number of rotatable bonds is 3. The molecule has 0 aromatic carbocycles. The van der Waals surface area contributed by atoms with Crippen LogP contribution in [0.4, 0.5) is 0 Å². The van der Waals surface area contributed by atoms with Gasteiger partial charge in [0.1, 0.15) is 0 Å². The molecule has 1 heterocycles. The van der Waals surface area contributed by atoms with E-state index in [1.165, 1.54) is 5.70 Å². The van der Waals surface area contributed by atoms with Crippen molar-refractivity contribution in [3.8, 4) is 0 Å². The average Bonchev–Trinajstić information content (AvgIpc) is 2.17. The van der Waals surface area contributed by atoms with Crippen molar-refractivity contribution in [3.05, 3.63) is 12.3 Å². The van der Waals surface area contributed by atoms with Crippen LogP contribution in [-0.4, -0.2) is 66.6 Å². The highest BCUT2D eigenvalue weighted by atomic mass is 15.3. The van der Waals surface area contributed by atoms with Gasteiger partial charge >= 0.3 is 0 Å². The van der Waals surface area contributed by atoms with Crippen LogP contribution in [0.1, 0.15) is 27.7 Å². The summed E-state index contributed by atoms with van der Waals surface area (Å²) in [6, 6.07) is 0.600. The van der Waals surface area contributed by atoms with Gasteiger partial charge in [-0.25, -0.2) is 0 Å². The van der Waals surface area contributed by atoms with Crippen molar-refractivity contribution >= 4 is 0 Å². The minimum Gasteiger partial charge on any atom is -0.371 e. The second kappa shape index (κ2) is 5.40. The summed E-state index contributed by atoms with van der Waals surface area (Å²) in [5.41, 5.74) is 1.50. The van der Waals surface area contributed by atoms with Crippen LogP contribution in [0.15, 0.2) is 12.3 Å². The van der Waals surface area contributed by atoms with Crippen molar-refractivity contribution < 1.29 is 0 Å². The molecule has 0 saturated carbocycles. The van der Waals surface area contributed by atoms with Gasteiger partial charge in [-0.1, -0.05) is 6.58 Å². The molecule has 1 aliphatic rings. The highest BCUT2D eigenvalue weighted by Gasteiger charge is 2.32. The van der Waals surface area contributed by atoms with Crippen molar-refractivity contribution in [2.45, 2.75) is 39.3 Å². The summed E-state index contributed by atoms with van der Waals surface area (Å²) in [6.45, 7) is 17.7. The van der Waals surface area contributed by atoms with Gasteiger partial charge < -0.3 is 9.80 Å². The smallest absolute Gasteiger partial charge is 0.0386 e. The third-order valence-corrected chi connectivity index (χ3v) is 3.50. The zero-order chi connectivity index (χ0) is 13.2. The van der Waals surface area contributed by atoms with Crippen LogP contribution in [0.25, 0.3) is 0 Å². The van der Waals surface area contributed by atoms with Gasteiger partial charge in [-0.15, -0.1) is 0 Å². The average molecular weight is 239 g/mol. The summed E-state index contributed by atoms with van der Waals surface area (Å²) in [7, 11) is 4.25. The summed E-state index contributed by atoms with van der Waals surface area (Å²) < 4.78 is 0. The molecule has 3 heteroatoms. The fourth-order valence-corrected chi connectivity index (χ4v) is 2.47. The standard InChI is InChI=1S/C14H29N3/c1-12-11-17(14(3,4)5)13(2)10-16(12)9-8-15(6)7/h13H,1,8-11H2,2-7H3. The Morgan fingerprint density at radius 2 is 1.94 bits per heavy atom. The summed E-state index contributed by atoms with van der Waals surface area (Å²) in [4.78, 5) is 7.21. The molecule has 0 radical (unpaired) electrons. The number of nitrogens with zero attached hydrogens (tertiary/aromatic N) is 3. The molecule has 0 aromatic rings. The number of piperazine rings is 1. The van der Waals surface area contributed by atoms with Gasteiger partial charge in [0.15, 0.2) is 0 Å². The molecule has 0 spiro atoms. The molecule has 1 saturated heterocycles. The molecule has 0 N–H and O–H groups in total. The molecular formula is C14H29N3. The van der Waals surface area contributed by atoms with Crippen LogP contribution in [0, 0.1) is 0 Å². The van der Waals surface area contributed by atoms with Gasteiger partial charge in [-0.2, -0.15) is 0 Å². The van der Waals surface area contributed by atoms with Gasteiger partial charge in [0.05, 0.1) is 0 Å². The molecule has 1 unspecified atom stereocenters. The lowest BCUT2D eigenvalue weighted by Crippen LogP contribution is -2.57. The molecule has 3 nitrogen and oxygen atoms in total. The zero-order valence-corrected chi connectivity index (χ0v) is 12.5. The van der Waals surface area contributed by atoms with E-state index in [2.05, 4.69) is 63.1 Å². The Kier molecular flexibility index (Phi) is 4.62. The van der Waals surface area contributed by atoms with Crippen molar-refractivity contribution in [3.63, 3.8) is 0 Å². The molecule has 1 aliphatic heterocycles. The quantitative estimate of drug-likeness (QED) is 0.744. The Morgan fingerprint density at radius 3 is 2.41 bits per heavy atom. The third-order valence-electron chi connectivity index (χ3n) is 3.50. The maximum atomic E-state index is 4.24. The van der Waals surface area contributed by atoms with Crippen LogP contribution in [0.3, 0.4) is 0 Å². The SMILES string of the molecule is C=C1CN(C(C)(C)C)C(C)CN1CCN(C)C. The lowest BCUT2D eigenvalue weighted by Gasteiger charge is -2.48. The van der Waals surface area contributed by atoms with E-state index in [9.17, 15) is 0 Å². The van der Waals surface area contributed by atoms with E-state index >= 15 is 0 Å². The van der Waals surface area contributed by atoms with E-state index in [4.69, 9.17) is 0 Å². The molecule has 1 fully saturated rings. The van der Waals surface area contributed by atoms with Crippen molar-refractivity contribution in [2.75, 3.05) is 40.3 Å². The van der Waals surface area contributed by atoms with Gasteiger partial charge in [-0.3, -0.25) is 4.90 Å². The lowest BCUT2D eigenvalue weighted by atomic mass is 10.00. The molecule has 0 bridgehead atoms. The predicted octanol–water partition coefficient (Wildman–Crippen LogP) is 1.87. The first kappa shape index (κ1) is 14.5. The van der Waals surface area contributed by atoms with Crippen molar-refractivity contribution in [2.24, 2.45) is 0 Å². The zero-order valence-electron chi connectivity index (χ0n) is 12.5. The Morgan fingerprint density at radius 1 is 1.35 bits per heavy atom. The Labute approximate surface area is 107 Å². The van der Waals surface area contributed by atoms with Gasteiger partial charge in [0.25, 0.3) is 0 Å². The van der Waals surface area contributed by atoms with Crippen LogP contribution < -0.4 is 0 Å². The Bertz CT molecular complexity index is 265. The predicted molar refractivity (Wildman–Crippen MR) is 75.2 cm³/mol. The molecule has 0 aromatic heterocycles. The molecule has 1 rings (SSSR count). The van der Waals surface area contributed by atoms with E-state index in [-0.39, 0.29) is 5.54 Å². The summed E-state index contributed by atoms with van der Waals surface area (Å²) in [6.07, 6.45) is 0. The fraction of sp³-hybridized carbons (Fsp3) is 0.857. The topological polar surface area (TPSA) is 9.72 Å². The van der Waals surface area contributed by atoms with Crippen molar-refractivity contribution in [1.29, 1.82) is 0 Å². The number of hydrogen-bond donors (Lipinski definition) is 0. The van der Waals surface area contributed by atoms with Gasteiger partial charge in [-0.05, 0) is 41.8 Å². The first-order chi connectivity index (χ1) is 7.71. The normalized spacial score (nSPS) is 23.6. The first-order valence-corrected chi connectivity index (χ1v) is 6.56. The Hall–Kier alpha value is -0.540. The third kappa shape index (κ3) is 4.00. The maximum Gasteiger partial charge on any atom is 0.0386 e. The second-order valence-electron chi connectivity index (χ2n) is 6.46. The fourth-order valence-electron chi connectivity index (χ4n) is 2.47. The van der Waals surface area contributed by atoms with E-state index < -0.39 is 0 Å². The second-order valence-corrected chi connectivity index (χ2v) is 6.46. The minimum atomic E-state index is 0.232. The van der Waals surface area contributed by atoms with Gasteiger partial charge in [0.2, 0.25) is 0 Å². The maximum absolute atomic E-state index is 4.24. The van der Waals surface area contributed by atoms with E-state index in [0.29, 0.717) is 6.04 Å². The first-order valence-electron chi connectivity index (χ1n) is 6.56. The Balaban J connectivity index is 2.58. The number of hydrogen-bond acceptors (Lipinski definition) is 3. The highest BCUT2D eigenvalue weighted by molar-refractivity contribution is 5.05. The van der Waals surface area contributed by atoms with Gasteiger partial charge in [0, 0.05) is 43.5 Å².